The summed E-state index contributed by atoms with van der Waals surface area (Å²) in [6, 6.07) is 10.8. The van der Waals surface area contributed by atoms with Gasteiger partial charge in [0, 0.05) is 25.2 Å². The van der Waals surface area contributed by atoms with Crippen LogP contribution in [0.2, 0.25) is 0 Å². The van der Waals surface area contributed by atoms with Crippen LogP contribution in [0.4, 0.5) is 8.78 Å². The molecule has 0 aliphatic carbocycles. The van der Waals surface area contributed by atoms with E-state index in [-0.39, 0.29) is 25.1 Å². The number of aliphatic carboxylic acids is 1. The van der Waals surface area contributed by atoms with Crippen molar-refractivity contribution < 1.29 is 18.7 Å². The van der Waals surface area contributed by atoms with Crippen molar-refractivity contribution in [3.8, 4) is 0 Å². The predicted molar refractivity (Wildman–Crippen MR) is 103 cm³/mol. The zero-order chi connectivity index (χ0) is 19.8. The topological polar surface area (TPSA) is 40.5 Å². The first-order chi connectivity index (χ1) is 12.9. The van der Waals surface area contributed by atoms with Crippen molar-refractivity contribution in [2.24, 2.45) is 0 Å². The summed E-state index contributed by atoms with van der Waals surface area (Å²) in [4.78, 5) is 12.8. The zero-order valence-electron chi connectivity index (χ0n) is 16.0. The van der Waals surface area contributed by atoms with Gasteiger partial charge < -0.3 is 5.11 Å². The molecular weight excluding hydrogens is 348 g/mol. The van der Waals surface area contributed by atoms with Gasteiger partial charge in [0.05, 0.1) is 6.42 Å². The van der Waals surface area contributed by atoms with Crippen LogP contribution in [0.5, 0.6) is 0 Å². The summed E-state index contributed by atoms with van der Waals surface area (Å²) in [5.41, 5.74) is 2.61. The minimum Gasteiger partial charge on any atom is -0.481 e. The van der Waals surface area contributed by atoms with Gasteiger partial charge in [-0.2, -0.15) is 0 Å². The van der Waals surface area contributed by atoms with Crippen LogP contribution >= 0.6 is 0 Å². The number of benzene rings is 2. The average molecular weight is 375 g/mol. The molecule has 0 aliphatic rings. The fraction of sp³-hybridized carbons (Fsp3) is 0.409. The van der Waals surface area contributed by atoms with Gasteiger partial charge in [-0.25, -0.2) is 8.78 Å². The number of hydrogen-bond donors (Lipinski definition) is 1. The Hall–Kier alpha value is -2.27. The Morgan fingerprint density at radius 2 is 1.85 bits per heavy atom. The molecule has 27 heavy (non-hydrogen) atoms. The van der Waals surface area contributed by atoms with Gasteiger partial charge in [0.1, 0.15) is 11.6 Å². The second-order valence-corrected chi connectivity index (χ2v) is 6.93. The minimum absolute atomic E-state index is 0.0115. The first-order valence-electron chi connectivity index (χ1n) is 9.36. The molecule has 0 radical (unpaired) electrons. The molecule has 2 aromatic carbocycles. The molecule has 2 rings (SSSR count). The van der Waals surface area contributed by atoms with E-state index in [1.54, 1.807) is 11.8 Å². The van der Waals surface area contributed by atoms with Crippen molar-refractivity contribution in [3.63, 3.8) is 0 Å². The van der Waals surface area contributed by atoms with E-state index in [9.17, 15) is 13.6 Å². The first-order valence-corrected chi connectivity index (χ1v) is 9.36. The number of nitrogens with zero attached hydrogens (tertiary/aromatic N) is 1. The molecule has 3 nitrogen and oxygen atoms in total. The van der Waals surface area contributed by atoms with Gasteiger partial charge in [0.25, 0.3) is 0 Å². The predicted octanol–water partition coefficient (Wildman–Crippen LogP) is 5.09. The fourth-order valence-electron chi connectivity index (χ4n) is 3.07. The van der Waals surface area contributed by atoms with E-state index in [1.807, 2.05) is 12.1 Å². The molecule has 5 heteroatoms. The number of unbranched alkanes of at least 4 members (excludes halogenated alkanes) is 1. The van der Waals surface area contributed by atoms with E-state index < -0.39 is 17.6 Å². The maximum atomic E-state index is 14.4. The maximum absolute atomic E-state index is 14.4. The van der Waals surface area contributed by atoms with Crippen molar-refractivity contribution in [2.45, 2.75) is 52.6 Å². The SMILES string of the molecule is CCCCc1cccc(CN(CCC(=O)O)Cc2c(F)ccc(C)c2F)c1. The van der Waals surface area contributed by atoms with Crippen LogP contribution in [0.25, 0.3) is 0 Å². The normalized spacial score (nSPS) is 11.1. The van der Waals surface area contributed by atoms with E-state index in [0.717, 1.165) is 24.8 Å². The number of carbonyl (C=O) groups is 1. The molecule has 0 unspecified atom stereocenters. The van der Waals surface area contributed by atoms with Crippen molar-refractivity contribution in [2.75, 3.05) is 6.54 Å². The highest BCUT2D eigenvalue weighted by Gasteiger charge is 2.17. The minimum atomic E-state index is -0.929. The van der Waals surface area contributed by atoms with Crippen LogP contribution in [0.15, 0.2) is 36.4 Å². The Balaban J connectivity index is 2.20. The molecule has 146 valence electrons. The lowest BCUT2D eigenvalue weighted by atomic mass is 10.0. The summed E-state index contributed by atoms with van der Waals surface area (Å²) >= 11 is 0. The van der Waals surface area contributed by atoms with E-state index in [2.05, 4.69) is 19.1 Å². The van der Waals surface area contributed by atoms with Crippen LogP contribution < -0.4 is 0 Å². The van der Waals surface area contributed by atoms with Crippen LogP contribution in [-0.2, 0) is 24.3 Å². The summed E-state index contributed by atoms with van der Waals surface area (Å²) in [7, 11) is 0. The lowest BCUT2D eigenvalue weighted by Crippen LogP contribution is -2.27. The van der Waals surface area contributed by atoms with Gasteiger partial charge in [-0.3, -0.25) is 9.69 Å². The third kappa shape index (κ3) is 6.43. The molecule has 0 saturated heterocycles. The average Bonchev–Trinajstić information content (AvgIpc) is 2.64. The number of carboxylic acids is 1. The van der Waals surface area contributed by atoms with Crippen LogP contribution in [0.3, 0.4) is 0 Å². The standard InChI is InChI=1S/C22H27F2NO2/c1-3-4-6-17-7-5-8-18(13-17)14-25(12-11-21(26)27)15-19-20(23)10-9-16(2)22(19)24/h5,7-10,13H,3-4,6,11-12,14-15H2,1-2H3,(H,26,27). The highest BCUT2D eigenvalue weighted by atomic mass is 19.1. The third-order valence-corrected chi connectivity index (χ3v) is 4.62. The van der Waals surface area contributed by atoms with Gasteiger partial charge in [-0.05, 0) is 42.5 Å². The molecule has 0 heterocycles. The summed E-state index contributed by atoms with van der Waals surface area (Å²) in [6.45, 7) is 4.44. The first kappa shape index (κ1) is 21.0. The maximum Gasteiger partial charge on any atom is 0.304 e. The van der Waals surface area contributed by atoms with E-state index >= 15 is 0 Å². The summed E-state index contributed by atoms with van der Waals surface area (Å²) in [5.74, 6) is -2.09. The zero-order valence-corrected chi connectivity index (χ0v) is 16.0. The molecule has 0 amide bonds. The summed E-state index contributed by atoms with van der Waals surface area (Å²) in [6.07, 6.45) is 3.12. The molecule has 0 atom stereocenters. The van der Waals surface area contributed by atoms with Gasteiger partial charge in [0.15, 0.2) is 0 Å². The number of carboxylic acid groups (broad SMARTS) is 1. The molecule has 0 bridgehead atoms. The molecule has 0 aromatic heterocycles. The van der Waals surface area contributed by atoms with Gasteiger partial charge in [-0.15, -0.1) is 0 Å². The van der Waals surface area contributed by atoms with Gasteiger partial charge in [0.2, 0.25) is 0 Å². The Bertz CT molecular complexity index is 777. The third-order valence-electron chi connectivity index (χ3n) is 4.62. The quantitative estimate of drug-likeness (QED) is 0.629. The second kappa shape index (κ2) is 10.2. The molecule has 2 aromatic rings. The van der Waals surface area contributed by atoms with Crippen molar-refractivity contribution >= 4 is 5.97 Å². The highest BCUT2D eigenvalue weighted by molar-refractivity contribution is 5.66. The lowest BCUT2D eigenvalue weighted by Gasteiger charge is -2.23. The lowest BCUT2D eigenvalue weighted by molar-refractivity contribution is -0.137. The van der Waals surface area contributed by atoms with Crippen molar-refractivity contribution in [1.29, 1.82) is 0 Å². The molecular formula is C22H27F2NO2. The fourth-order valence-corrected chi connectivity index (χ4v) is 3.07. The smallest absolute Gasteiger partial charge is 0.304 e. The monoisotopic (exact) mass is 375 g/mol. The number of halogens is 2. The van der Waals surface area contributed by atoms with Crippen molar-refractivity contribution in [3.05, 3.63) is 70.3 Å². The van der Waals surface area contributed by atoms with Gasteiger partial charge >= 0.3 is 5.97 Å². The molecule has 0 fully saturated rings. The Kier molecular flexibility index (Phi) is 7.92. The van der Waals surface area contributed by atoms with Crippen LogP contribution in [-0.4, -0.2) is 22.5 Å². The molecule has 0 saturated carbocycles. The molecule has 0 aliphatic heterocycles. The Morgan fingerprint density at radius 3 is 2.56 bits per heavy atom. The highest BCUT2D eigenvalue weighted by Crippen LogP contribution is 2.20. The number of rotatable bonds is 10. The second-order valence-electron chi connectivity index (χ2n) is 6.93. The van der Waals surface area contributed by atoms with Crippen LogP contribution in [0, 0.1) is 18.6 Å². The summed E-state index contributed by atoms with van der Waals surface area (Å²) < 4.78 is 28.5. The molecule has 1 N–H and O–H groups in total. The van der Waals surface area contributed by atoms with Crippen LogP contribution in [0.1, 0.15) is 48.4 Å². The van der Waals surface area contributed by atoms with Crippen molar-refractivity contribution in [1.82, 2.24) is 4.90 Å². The Labute approximate surface area is 159 Å². The van der Waals surface area contributed by atoms with E-state index in [1.165, 1.54) is 17.7 Å². The van der Waals surface area contributed by atoms with E-state index in [4.69, 9.17) is 5.11 Å². The summed E-state index contributed by atoms with van der Waals surface area (Å²) in [5, 5.41) is 9.01. The van der Waals surface area contributed by atoms with Gasteiger partial charge in [-0.1, -0.05) is 43.7 Å². The number of aryl methyl sites for hydroxylation is 2. The number of hydrogen-bond acceptors (Lipinski definition) is 2. The largest absolute Gasteiger partial charge is 0.481 e. The molecule has 0 spiro atoms. The van der Waals surface area contributed by atoms with E-state index in [0.29, 0.717) is 12.1 Å². The Morgan fingerprint density at radius 1 is 1.11 bits per heavy atom.